The molecule has 0 saturated carbocycles. The highest BCUT2D eigenvalue weighted by molar-refractivity contribution is 6.46. The molecule has 1 heterocycles. The van der Waals surface area contributed by atoms with Gasteiger partial charge in [-0.3, -0.25) is 9.59 Å². The lowest BCUT2D eigenvalue weighted by Gasteiger charge is -2.26. The molecule has 7 nitrogen and oxygen atoms in total. The number of aromatic hydroxyl groups is 1. The molecule has 28 heavy (non-hydrogen) atoms. The lowest BCUT2D eigenvalue weighted by atomic mass is 9.95. The Morgan fingerprint density at radius 1 is 1.18 bits per heavy atom. The number of Topliss-reactive ketones (excluding diaryl/α,β-unsaturated/α-hetero) is 1. The molecular weight excluding hydrogens is 362 g/mol. The second kappa shape index (κ2) is 7.74. The first kappa shape index (κ1) is 19.4. The fourth-order valence-electron chi connectivity index (χ4n) is 3.32. The van der Waals surface area contributed by atoms with Crippen molar-refractivity contribution in [1.82, 2.24) is 4.90 Å². The standard InChI is InChI=1S/C21H21NO6/c1-12(23)11-22-18(14-8-9-15(24)16(10-14)28-2)17(20(26)21(22)27)19(25)13-6-4-3-5-7-13/h3-10,12,18,23-25H,11H2,1-2H3/t12-,18-/m1/s1. The predicted molar refractivity (Wildman–Crippen MR) is 102 cm³/mol. The van der Waals surface area contributed by atoms with E-state index in [1.807, 2.05) is 0 Å². The quantitative estimate of drug-likeness (QED) is 0.415. The molecule has 1 aliphatic heterocycles. The summed E-state index contributed by atoms with van der Waals surface area (Å²) in [5.74, 6) is -1.87. The van der Waals surface area contributed by atoms with Gasteiger partial charge in [-0.05, 0) is 24.6 Å². The molecule has 3 N–H and O–H groups in total. The fourth-order valence-corrected chi connectivity index (χ4v) is 3.32. The maximum Gasteiger partial charge on any atom is 0.295 e. The predicted octanol–water partition coefficient (Wildman–Crippen LogP) is 2.20. The average molecular weight is 383 g/mol. The Labute approximate surface area is 162 Å². The number of phenolic OH excluding ortho intramolecular Hbond substituents is 1. The first-order chi connectivity index (χ1) is 13.3. The highest BCUT2D eigenvalue weighted by Crippen LogP contribution is 2.41. The Balaban J connectivity index is 2.21. The van der Waals surface area contributed by atoms with Crippen molar-refractivity contribution < 1.29 is 29.6 Å². The molecule has 0 aliphatic carbocycles. The lowest BCUT2D eigenvalue weighted by Crippen LogP contribution is -2.35. The van der Waals surface area contributed by atoms with Gasteiger partial charge >= 0.3 is 0 Å². The normalized spacial score (nSPS) is 19.7. The van der Waals surface area contributed by atoms with Gasteiger partial charge in [-0.15, -0.1) is 0 Å². The summed E-state index contributed by atoms with van der Waals surface area (Å²) in [7, 11) is 1.38. The molecule has 0 spiro atoms. The minimum Gasteiger partial charge on any atom is -0.507 e. The molecule has 0 unspecified atom stereocenters. The fraction of sp³-hybridized carbons (Fsp3) is 0.238. The van der Waals surface area contributed by atoms with Crippen molar-refractivity contribution >= 4 is 17.4 Å². The van der Waals surface area contributed by atoms with E-state index in [0.29, 0.717) is 11.1 Å². The third kappa shape index (κ3) is 3.44. The van der Waals surface area contributed by atoms with Crippen LogP contribution in [0, 0.1) is 0 Å². The Morgan fingerprint density at radius 3 is 2.46 bits per heavy atom. The van der Waals surface area contributed by atoms with Crippen molar-refractivity contribution in [2.75, 3.05) is 13.7 Å². The zero-order chi connectivity index (χ0) is 20.4. The van der Waals surface area contributed by atoms with Crippen LogP contribution in [0.2, 0.25) is 0 Å². The molecule has 146 valence electrons. The molecule has 1 saturated heterocycles. The van der Waals surface area contributed by atoms with Crippen LogP contribution in [0.4, 0.5) is 0 Å². The van der Waals surface area contributed by atoms with Crippen molar-refractivity contribution in [2.24, 2.45) is 0 Å². The van der Waals surface area contributed by atoms with Crippen LogP contribution in [0.25, 0.3) is 5.76 Å². The number of benzene rings is 2. The molecule has 0 bridgehead atoms. The Kier molecular flexibility index (Phi) is 5.37. The number of nitrogens with zero attached hydrogens (tertiary/aromatic N) is 1. The molecule has 3 rings (SSSR count). The van der Waals surface area contributed by atoms with Crippen molar-refractivity contribution in [3.05, 3.63) is 65.2 Å². The number of aliphatic hydroxyl groups is 2. The van der Waals surface area contributed by atoms with E-state index in [1.54, 1.807) is 36.4 Å². The third-order valence-electron chi connectivity index (χ3n) is 4.57. The van der Waals surface area contributed by atoms with Gasteiger partial charge in [0.25, 0.3) is 11.7 Å². The van der Waals surface area contributed by atoms with Gasteiger partial charge in [0, 0.05) is 12.1 Å². The highest BCUT2D eigenvalue weighted by Gasteiger charge is 2.46. The van der Waals surface area contributed by atoms with Crippen molar-refractivity contribution in [3.8, 4) is 11.5 Å². The van der Waals surface area contributed by atoms with Gasteiger partial charge < -0.3 is 25.0 Å². The number of hydrogen-bond acceptors (Lipinski definition) is 6. The maximum atomic E-state index is 12.7. The van der Waals surface area contributed by atoms with Crippen LogP contribution in [0.5, 0.6) is 11.5 Å². The first-order valence-electron chi connectivity index (χ1n) is 8.74. The topological polar surface area (TPSA) is 107 Å². The molecule has 2 aromatic carbocycles. The van der Waals surface area contributed by atoms with E-state index in [0.717, 1.165) is 0 Å². The number of methoxy groups -OCH3 is 1. The smallest absolute Gasteiger partial charge is 0.295 e. The molecule has 1 fully saturated rings. The number of ether oxygens (including phenoxy) is 1. The van der Waals surface area contributed by atoms with Crippen molar-refractivity contribution in [2.45, 2.75) is 19.1 Å². The zero-order valence-electron chi connectivity index (χ0n) is 15.5. The Morgan fingerprint density at radius 2 is 1.86 bits per heavy atom. The molecular formula is C21H21NO6. The number of amides is 1. The highest BCUT2D eigenvalue weighted by atomic mass is 16.5. The van der Waals surface area contributed by atoms with E-state index in [9.17, 15) is 24.9 Å². The van der Waals surface area contributed by atoms with Gasteiger partial charge in [0.2, 0.25) is 0 Å². The SMILES string of the molecule is COc1cc([C@@H]2C(=C(O)c3ccccc3)C(=O)C(=O)N2C[C@@H](C)O)ccc1O. The number of carbonyl (C=O) groups is 2. The van der Waals surface area contributed by atoms with Crippen LogP contribution in [-0.2, 0) is 9.59 Å². The number of ketones is 1. The first-order valence-corrected chi connectivity index (χ1v) is 8.74. The summed E-state index contributed by atoms with van der Waals surface area (Å²) in [5, 5.41) is 30.5. The maximum absolute atomic E-state index is 12.7. The number of hydrogen-bond donors (Lipinski definition) is 3. The van der Waals surface area contributed by atoms with Crippen LogP contribution in [0.3, 0.4) is 0 Å². The van der Waals surface area contributed by atoms with Crippen LogP contribution in [0.1, 0.15) is 24.1 Å². The summed E-state index contributed by atoms with van der Waals surface area (Å²) < 4.78 is 5.13. The van der Waals surface area contributed by atoms with E-state index < -0.39 is 23.8 Å². The number of likely N-dealkylation sites (tertiary alicyclic amines) is 1. The molecule has 2 atom stereocenters. The van der Waals surface area contributed by atoms with Crippen LogP contribution in [0.15, 0.2) is 54.1 Å². The summed E-state index contributed by atoms with van der Waals surface area (Å²) in [6.45, 7) is 1.41. The van der Waals surface area contributed by atoms with Gasteiger partial charge in [-0.2, -0.15) is 0 Å². The minimum atomic E-state index is -0.927. The molecule has 0 aromatic heterocycles. The Hall–Kier alpha value is -3.32. The zero-order valence-corrected chi connectivity index (χ0v) is 15.5. The Bertz CT molecular complexity index is 935. The average Bonchev–Trinajstić information content (AvgIpc) is 2.93. The third-order valence-corrected chi connectivity index (χ3v) is 4.57. The summed E-state index contributed by atoms with van der Waals surface area (Å²) >= 11 is 0. The van der Waals surface area contributed by atoms with E-state index in [-0.39, 0.29) is 29.4 Å². The number of carbonyl (C=O) groups excluding carboxylic acids is 2. The van der Waals surface area contributed by atoms with E-state index in [2.05, 4.69) is 0 Å². The van der Waals surface area contributed by atoms with Gasteiger partial charge in [-0.25, -0.2) is 0 Å². The van der Waals surface area contributed by atoms with Gasteiger partial charge in [-0.1, -0.05) is 36.4 Å². The molecule has 7 heteroatoms. The van der Waals surface area contributed by atoms with Crippen molar-refractivity contribution in [1.29, 1.82) is 0 Å². The van der Waals surface area contributed by atoms with Gasteiger partial charge in [0.1, 0.15) is 5.76 Å². The number of rotatable bonds is 5. The summed E-state index contributed by atoms with van der Waals surface area (Å²) in [5.41, 5.74) is 0.782. The monoisotopic (exact) mass is 383 g/mol. The number of phenols is 1. The largest absolute Gasteiger partial charge is 0.507 e. The van der Waals surface area contributed by atoms with Crippen LogP contribution >= 0.6 is 0 Å². The van der Waals surface area contributed by atoms with Crippen LogP contribution < -0.4 is 4.74 Å². The molecule has 2 aromatic rings. The summed E-state index contributed by atoms with van der Waals surface area (Å²) in [6.07, 6.45) is -0.878. The van der Waals surface area contributed by atoms with E-state index in [4.69, 9.17) is 4.74 Å². The van der Waals surface area contributed by atoms with Crippen molar-refractivity contribution in [3.63, 3.8) is 0 Å². The molecule has 1 aliphatic rings. The molecule has 1 amide bonds. The number of aliphatic hydroxyl groups excluding tert-OH is 2. The van der Waals surface area contributed by atoms with E-state index >= 15 is 0 Å². The summed E-state index contributed by atoms with van der Waals surface area (Å²) in [4.78, 5) is 26.6. The second-order valence-corrected chi connectivity index (χ2v) is 6.60. The van der Waals surface area contributed by atoms with Gasteiger partial charge in [0.05, 0.1) is 24.8 Å². The lowest BCUT2D eigenvalue weighted by molar-refractivity contribution is -0.140. The van der Waals surface area contributed by atoms with E-state index in [1.165, 1.54) is 31.1 Å². The second-order valence-electron chi connectivity index (χ2n) is 6.60. The number of β-amino-alcohol motifs (C(OH)–C–C–N with tert-alkyl or cyclic N) is 1. The minimum absolute atomic E-state index is 0.0791. The van der Waals surface area contributed by atoms with Crippen LogP contribution in [-0.4, -0.2) is 51.7 Å². The summed E-state index contributed by atoms with van der Waals surface area (Å²) in [6, 6.07) is 12.0. The van der Waals surface area contributed by atoms with Gasteiger partial charge in [0.15, 0.2) is 11.5 Å². The molecule has 0 radical (unpaired) electrons.